The van der Waals surface area contributed by atoms with Crippen LogP contribution in [0.15, 0.2) is 103 Å². The molecule has 1 aliphatic heterocycles. The maximum atomic E-state index is 13.9. The van der Waals surface area contributed by atoms with Gasteiger partial charge in [0.2, 0.25) is 0 Å². The van der Waals surface area contributed by atoms with Gasteiger partial charge in [0, 0.05) is 60.3 Å². The highest BCUT2D eigenvalue weighted by Gasteiger charge is 2.29. The number of carbonyl (C=O) groups excluding carboxylic acids is 2. The van der Waals surface area contributed by atoms with E-state index in [-0.39, 0.29) is 42.3 Å². The summed E-state index contributed by atoms with van der Waals surface area (Å²) in [6.07, 6.45) is 13.3. The molecule has 2 heterocycles. The molecule has 2 aliphatic rings. The minimum Gasteiger partial charge on any atom is -0.508 e. The number of aromatic hydroxyl groups is 2. The lowest BCUT2D eigenvalue weighted by molar-refractivity contribution is -0.114. The van der Waals surface area contributed by atoms with Crippen LogP contribution in [0.4, 0.5) is 0 Å². The predicted octanol–water partition coefficient (Wildman–Crippen LogP) is 8.96. The molecule has 0 saturated carbocycles. The number of aryl methyl sites for hydroxylation is 2. The van der Waals surface area contributed by atoms with Crippen LogP contribution in [0, 0.1) is 17.8 Å². The summed E-state index contributed by atoms with van der Waals surface area (Å²) < 4.78 is 6.09. The summed E-state index contributed by atoms with van der Waals surface area (Å²) in [6, 6.07) is 27.3. The fraction of sp³-hybridized carbons (Fsp3) is 0.333. The number of allylic oxidation sites excluding steroid dienone is 2. The zero-order valence-corrected chi connectivity index (χ0v) is 33.9. The summed E-state index contributed by atoms with van der Waals surface area (Å²) in [6.45, 7) is 3.32. The average Bonchev–Trinajstić information content (AvgIpc) is 3.72. The molecule has 7 rings (SSSR count). The molecular formula is C51H55N3O5. The largest absolute Gasteiger partial charge is 0.508 e. The van der Waals surface area contributed by atoms with E-state index in [0.717, 1.165) is 77.7 Å². The Bertz CT molecular complexity index is 2350. The van der Waals surface area contributed by atoms with Crippen molar-refractivity contribution in [3.63, 3.8) is 0 Å². The maximum Gasteiger partial charge on any atom is 0.165 e. The van der Waals surface area contributed by atoms with Gasteiger partial charge in [-0.1, -0.05) is 85.9 Å². The zero-order valence-electron chi connectivity index (χ0n) is 33.9. The Balaban J connectivity index is 0.965. The van der Waals surface area contributed by atoms with Gasteiger partial charge in [-0.15, -0.1) is 0 Å². The van der Waals surface area contributed by atoms with E-state index in [1.807, 2.05) is 36.4 Å². The monoisotopic (exact) mass is 789 g/mol. The van der Waals surface area contributed by atoms with Crippen LogP contribution in [0.2, 0.25) is 0 Å². The van der Waals surface area contributed by atoms with Crippen LogP contribution >= 0.6 is 0 Å². The van der Waals surface area contributed by atoms with E-state index in [1.54, 1.807) is 30.5 Å². The van der Waals surface area contributed by atoms with Gasteiger partial charge in [0.1, 0.15) is 5.75 Å². The third-order valence-electron chi connectivity index (χ3n) is 11.7. The van der Waals surface area contributed by atoms with Crippen LogP contribution in [0.25, 0.3) is 0 Å². The summed E-state index contributed by atoms with van der Waals surface area (Å²) in [4.78, 5) is 29.7. The Morgan fingerprint density at radius 3 is 2.58 bits per heavy atom. The van der Waals surface area contributed by atoms with Crippen molar-refractivity contribution in [1.29, 1.82) is 0 Å². The first-order valence-corrected chi connectivity index (χ1v) is 21.1. The van der Waals surface area contributed by atoms with Crippen molar-refractivity contribution < 1.29 is 24.5 Å². The summed E-state index contributed by atoms with van der Waals surface area (Å²) in [5.74, 6) is 7.39. The number of nitrogens with one attached hydrogen (secondary N) is 2. The molecule has 59 heavy (non-hydrogen) atoms. The molecule has 5 aromatic rings. The van der Waals surface area contributed by atoms with Crippen molar-refractivity contribution in [2.45, 2.75) is 89.6 Å². The fourth-order valence-corrected chi connectivity index (χ4v) is 8.28. The van der Waals surface area contributed by atoms with E-state index in [2.05, 4.69) is 65.5 Å². The molecule has 304 valence electrons. The molecule has 1 aromatic heterocycles. The van der Waals surface area contributed by atoms with Crippen LogP contribution in [-0.4, -0.2) is 39.9 Å². The first-order chi connectivity index (χ1) is 28.7. The molecular weight excluding hydrogens is 735 g/mol. The van der Waals surface area contributed by atoms with E-state index in [1.165, 1.54) is 12.0 Å². The average molecular weight is 790 g/mol. The quantitative estimate of drug-likeness (QED) is 0.0383. The molecule has 0 unspecified atom stereocenters. The first kappa shape index (κ1) is 41.3. The number of unbranched alkanes of at least 4 members (excludes halogenated alkanes) is 1. The topological polar surface area (TPSA) is 138 Å². The Kier molecular flexibility index (Phi) is 13.8. The Morgan fingerprint density at radius 1 is 0.915 bits per heavy atom. The van der Waals surface area contributed by atoms with Crippen LogP contribution in [0.1, 0.15) is 118 Å². The van der Waals surface area contributed by atoms with E-state index < -0.39 is 5.92 Å². The number of benzene rings is 4. The number of hydrogen-bond donors (Lipinski definition) is 5. The summed E-state index contributed by atoms with van der Waals surface area (Å²) in [5, 5.41) is 25.3. The van der Waals surface area contributed by atoms with Crippen LogP contribution in [0.5, 0.6) is 17.2 Å². The standard InChI is InChI=1S/C51H55N3O5/c1-34(15-16-35-10-5-3-6-11-35)9-4-2-7-13-40(55)20-17-36-19-22-48(57)50(30-36)59-28-25-37-18-21-47(56)45(29-37)44-33-49(58)41-24-27-53-46(41)14-8-12-38-32-43-39(31-42(38)44)23-26-54-51(43)52/h3,5-7,10-11,13,18-19,21-22,24,27,29-32,34,44,51,53-54,56-57H,2,4,9,14-17,20,23,25-26,28,33,52H2,1H3/b13-7+/t34-,44-,51+/m1/s1. The molecule has 8 nitrogen and oxygen atoms in total. The van der Waals surface area contributed by atoms with Gasteiger partial charge in [-0.25, -0.2) is 0 Å². The highest BCUT2D eigenvalue weighted by molar-refractivity contribution is 5.98. The molecule has 0 spiro atoms. The number of fused-ring (bicyclic) bond motifs is 3. The van der Waals surface area contributed by atoms with Crippen LogP contribution in [0.3, 0.4) is 0 Å². The Hall–Kier alpha value is -5.88. The number of ether oxygens (including phenoxy) is 1. The second kappa shape index (κ2) is 19.7. The Morgan fingerprint density at radius 2 is 1.73 bits per heavy atom. The van der Waals surface area contributed by atoms with Gasteiger partial charge in [0.05, 0.1) is 19.2 Å². The van der Waals surface area contributed by atoms with E-state index in [9.17, 15) is 19.8 Å². The lowest BCUT2D eigenvalue weighted by Crippen LogP contribution is -2.35. The summed E-state index contributed by atoms with van der Waals surface area (Å²) >= 11 is 0. The molecule has 3 atom stereocenters. The second-order valence-corrected chi connectivity index (χ2v) is 16.1. The predicted molar refractivity (Wildman–Crippen MR) is 233 cm³/mol. The lowest BCUT2D eigenvalue weighted by Gasteiger charge is -2.28. The highest BCUT2D eigenvalue weighted by Crippen LogP contribution is 2.40. The fourth-order valence-electron chi connectivity index (χ4n) is 8.28. The number of carbonyl (C=O) groups is 2. The first-order valence-electron chi connectivity index (χ1n) is 21.1. The highest BCUT2D eigenvalue weighted by atomic mass is 16.5. The van der Waals surface area contributed by atoms with Gasteiger partial charge < -0.3 is 25.7 Å². The number of H-pyrrole nitrogens is 1. The third-order valence-corrected chi connectivity index (χ3v) is 11.7. The number of aromatic nitrogens is 1. The smallest absolute Gasteiger partial charge is 0.165 e. The molecule has 0 radical (unpaired) electrons. The number of phenolic OH excluding ortho intramolecular Hbond substituents is 2. The molecule has 0 saturated heterocycles. The van der Waals surface area contributed by atoms with Crippen molar-refractivity contribution >= 4 is 11.6 Å². The van der Waals surface area contributed by atoms with Crippen molar-refractivity contribution in [2.75, 3.05) is 13.2 Å². The minimum absolute atomic E-state index is 0.0198. The van der Waals surface area contributed by atoms with Gasteiger partial charge in [0.25, 0.3) is 0 Å². The van der Waals surface area contributed by atoms with Gasteiger partial charge in [-0.2, -0.15) is 0 Å². The second-order valence-electron chi connectivity index (χ2n) is 16.1. The summed E-state index contributed by atoms with van der Waals surface area (Å²) in [7, 11) is 0. The van der Waals surface area contributed by atoms with E-state index in [4.69, 9.17) is 10.5 Å². The molecule has 0 fully saturated rings. The molecule has 1 aliphatic carbocycles. The van der Waals surface area contributed by atoms with Crippen molar-refractivity contribution in [3.05, 3.63) is 159 Å². The van der Waals surface area contributed by atoms with E-state index in [0.29, 0.717) is 48.5 Å². The van der Waals surface area contributed by atoms with Gasteiger partial charge >= 0.3 is 0 Å². The number of phenols is 2. The van der Waals surface area contributed by atoms with Crippen molar-refractivity contribution in [3.8, 4) is 29.1 Å². The number of hydrogen-bond acceptors (Lipinski definition) is 7. The zero-order chi connectivity index (χ0) is 41.1. The molecule has 8 heteroatoms. The molecule has 0 amide bonds. The number of aromatic amines is 1. The van der Waals surface area contributed by atoms with Crippen LogP contribution < -0.4 is 15.8 Å². The molecule has 4 aromatic carbocycles. The lowest BCUT2D eigenvalue weighted by atomic mass is 9.79. The van der Waals surface area contributed by atoms with Gasteiger partial charge in [-0.3, -0.25) is 14.9 Å². The Labute approximate surface area is 347 Å². The van der Waals surface area contributed by atoms with Crippen molar-refractivity contribution in [2.24, 2.45) is 11.7 Å². The number of Topliss-reactive ketones (excluding diaryl/α,β-unsaturated/α-hetero) is 1. The SMILES string of the molecule is C[C@H](CCC/C=C/C(=O)CCc1ccc(O)c(OCCc2ccc(O)c([C@@H]3CC(=O)c4cc[nH]c4CC#Cc4cc5c(cc43)CCN[C@@H]5N)c2)c1)CCc1ccccc1. The van der Waals surface area contributed by atoms with E-state index >= 15 is 0 Å². The maximum absolute atomic E-state index is 13.9. The normalized spacial score (nSPS) is 16.7. The van der Waals surface area contributed by atoms with Crippen LogP contribution in [-0.2, 0) is 36.9 Å². The molecule has 0 bridgehead atoms. The van der Waals surface area contributed by atoms with Crippen molar-refractivity contribution in [1.82, 2.24) is 10.3 Å². The number of nitrogens with two attached hydrogens (primary N) is 1. The third kappa shape index (κ3) is 10.8. The summed E-state index contributed by atoms with van der Waals surface area (Å²) in [5.41, 5.74) is 15.5. The van der Waals surface area contributed by atoms with Gasteiger partial charge in [-0.05, 0) is 114 Å². The number of rotatable bonds is 16. The van der Waals surface area contributed by atoms with Gasteiger partial charge in [0.15, 0.2) is 23.1 Å². The minimum atomic E-state index is -0.456. The number of ketones is 2. The molecule has 6 N–H and O–H groups in total.